The lowest BCUT2D eigenvalue weighted by atomic mass is 9.84. The smallest absolute Gasteiger partial charge is 0.408 e. The van der Waals surface area contributed by atoms with Gasteiger partial charge in [0, 0.05) is 24.3 Å². The maximum atomic E-state index is 13.2. The van der Waals surface area contributed by atoms with Gasteiger partial charge in [-0.3, -0.25) is 0 Å². The van der Waals surface area contributed by atoms with Crippen LogP contribution in [0.25, 0.3) is 0 Å². The first-order valence-corrected chi connectivity index (χ1v) is 13.4. The first-order valence-electron chi connectivity index (χ1n) is 11.8. The Morgan fingerprint density at radius 1 is 0.943 bits per heavy atom. The van der Waals surface area contributed by atoms with Crippen LogP contribution in [0.2, 0.25) is 0 Å². The Kier molecular flexibility index (Phi) is 7.40. The summed E-state index contributed by atoms with van der Waals surface area (Å²) in [6.45, 7) is -0.152. The molecule has 1 unspecified atom stereocenters. The fourth-order valence-electron chi connectivity index (χ4n) is 4.85. The van der Waals surface area contributed by atoms with E-state index in [1.54, 1.807) is 18.2 Å². The number of halogens is 3. The Morgan fingerprint density at radius 2 is 1.54 bits per heavy atom. The Balaban J connectivity index is 1.57. The van der Waals surface area contributed by atoms with Crippen molar-refractivity contribution in [1.29, 1.82) is 0 Å². The van der Waals surface area contributed by atoms with Crippen LogP contribution in [0.4, 0.5) is 18.9 Å². The average Bonchev–Trinajstić information content (AvgIpc) is 2.84. The van der Waals surface area contributed by atoms with Crippen LogP contribution in [0.15, 0.2) is 72.5 Å². The standard InChI is InChI=1S/C26H30F3N2O3S/c27-26(28,29)19-35(32,33)31(16-4-5-20(17-30)18-31)23-10-14-25(15-11-23)34-24-12-8-22(9-13-24)21-6-2-1-3-7-21/h4-5,8-15,18,21H,1-3,6-7,16-17,19,30H2/q+1. The summed E-state index contributed by atoms with van der Waals surface area (Å²) < 4.78 is 70.4. The third-order valence-electron chi connectivity index (χ3n) is 6.63. The number of hydrogen-bond acceptors (Lipinski definition) is 4. The van der Waals surface area contributed by atoms with Crippen LogP contribution in [0.3, 0.4) is 0 Å². The Hall–Kier alpha value is -2.62. The van der Waals surface area contributed by atoms with Crippen molar-refractivity contribution in [3.05, 3.63) is 78.0 Å². The van der Waals surface area contributed by atoms with Crippen LogP contribution in [0, 0.1) is 0 Å². The van der Waals surface area contributed by atoms with Gasteiger partial charge in [0.2, 0.25) is 0 Å². The second-order valence-electron chi connectivity index (χ2n) is 9.13. The van der Waals surface area contributed by atoms with Gasteiger partial charge in [-0.25, -0.2) is 0 Å². The van der Waals surface area contributed by atoms with Gasteiger partial charge in [-0.15, -0.1) is 0 Å². The largest absolute Gasteiger partial charge is 0.457 e. The summed E-state index contributed by atoms with van der Waals surface area (Å²) in [5.41, 5.74) is 7.60. The molecule has 1 aliphatic heterocycles. The number of ether oxygens (including phenoxy) is 1. The lowest BCUT2D eigenvalue weighted by molar-refractivity contribution is -0.106. The molecule has 9 heteroatoms. The highest BCUT2D eigenvalue weighted by Crippen LogP contribution is 2.37. The molecule has 0 amide bonds. The lowest BCUT2D eigenvalue weighted by Gasteiger charge is -2.34. The molecule has 1 aliphatic carbocycles. The van der Waals surface area contributed by atoms with E-state index in [2.05, 4.69) is 12.1 Å². The van der Waals surface area contributed by atoms with Crippen molar-refractivity contribution in [1.82, 2.24) is 3.89 Å². The number of rotatable bonds is 7. The molecule has 2 N–H and O–H groups in total. The van der Waals surface area contributed by atoms with Crippen LogP contribution >= 0.6 is 0 Å². The minimum Gasteiger partial charge on any atom is -0.457 e. The number of nitrogens with two attached hydrogens (primary N) is 1. The fourth-order valence-corrected chi connectivity index (χ4v) is 6.54. The summed E-state index contributed by atoms with van der Waals surface area (Å²) in [6, 6.07) is 14.1. The van der Waals surface area contributed by atoms with E-state index < -0.39 is 25.8 Å². The molecule has 1 atom stereocenters. The lowest BCUT2D eigenvalue weighted by Crippen LogP contribution is -2.54. The van der Waals surface area contributed by atoms with Crippen LogP contribution in [-0.4, -0.2) is 33.4 Å². The number of benzene rings is 2. The monoisotopic (exact) mass is 507 g/mol. The van der Waals surface area contributed by atoms with Gasteiger partial charge in [-0.1, -0.05) is 37.5 Å². The van der Waals surface area contributed by atoms with E-state index in [4.69, 9.17) is 10.5 Å². The molecule has 1 saturated carbocycles. The molecule has 2 aromatic carbocycles. The van der Waals surface area contributed by atoms with E-state index in [1.807, 2.05) is 12.1 Å². The highest BCUT2D eigenvalue weighted by atomic mass is 32.2. The third kappa shape index (κ3) is 5.79. The number of quaternary nitrogens is 1. The third-order valence-corrected chi connectivity index (χ3v) is 8.78. The van der Waals surface area contributed by atoms with Crippen molar-refractivity contribution in [2.45, 2.75) is 44.2 Å². The zero-order valence-corrected chi connectivity index (χ0v) is 20.2. The van der Waals surface area contributed by atoms with Gasteiger partial charge in [-0.05, 0) is 54.7 Å². The van der Waals surface area contributed by atoms with E-state index in [9.17, 15) is 21.6 Å². The molecule has 5 nitrogen and oxygen atoms in total. The van der Waals surface area contributed by atoms with Crippen molar-refractivity contribution in [2.24, 2.45) is 5.73 Å². The van der Waals surface area contributed by atoms with Crippen LogP contribution in [-0.2, 0) is 10.0 Å². The van der Waals surface area contributed by atoms with Gasteiger partial charge in [0.15, 0.2) is 11.4 Å². The first kappa shape index (κ1) is 25.5. The van der Waals surface area contributed by atoms with Crippen molar-refractivity contribution in [3.63, 3.8) is 0 Å². The zero-order chi connectivity index (χ0) is 25.1. The highest BCUT2D eigenvalue weighted by molar-refractivity contribution is 7.91. The normalized spacial score (nSPS) is 21.5. The molecule has 4 rings (SSSR count). The number of hydrogen-bond donors (Lipinski definition) is 1. The first-order chi connectivity index (χ1) is 16.6. The van der Waals surface area contributed by atoms with Gasteiger partial charge in [0.05, 0.1) is 0 Å². The molecule has 1 heterocycles. The van der Waals surface area contributed by atoms with Gasteiger partial charge in [-0.2, -0.15) is 25.5 Å². The summed E-state index contributed by atoms with van der Waals surface area (Å²) in [5.74, 6) is -0.257. The Bertz CT molecular complexity index is 1180. The van der Waals surface area contributed by atoms with Crippen molar-refractivity contribution < 1.29 is 26.3 Å². The minimum absolute atomic E-state index is 0.0100. The fraction of sp³-hybridized carbons (Fsp3) is 0.385. The predicted molar refractivity (Wildman–Crippen MR) is 132 cm³/mol. The molecule has 35 heavy (non-hydrogen) atoms. The number of sulfonamides is 1. The molecule has 1 fully saturated rings. The van der Waals surface area contributed by atoms with Crippen molar-refractivity contribution in [3.8, 4) is 11.5 Å². The van der Waals surface area contributed by atoms with Crippen molar-refractivity contribution in [2.75, 3.05) is 18.8 Å². The Morgan fingerprint density at radius 3 is 2.11 bits per heavy atom. The minimum atomic E-state index is -4.87. The van der Waals surface area contributed by atoms with E-state index in [0.29, 0.717) is 23.0 Å². The highest BCUT2D eigenvalue weighted by Gasteiger charge is 2.50. The molecule has 2 aromatic rings. The maximum absolute atomic E-state index is 13.2. The maximum Gasteiger partial charge on any atom is 0.408 e. The summed E-state index contributed by atoms with van der Waals surface area (Å²) in [6.07, 6.45) is 5.81. The predicted octanol–water partition coefficient (Wildman–Crippen LogP) is 6.14. The average molecular weight is 508 g/mol. The molecular weight excluding hydrogens is 477 g/mol. The van der Waals surface area contributed by atoms with Gasteiger partial charge in [0.25, 0.3) is 0 Å². The summed E-state index contributed by atoms with van der Waals surface area (Å²) in [4.78, 5) is 0. The van der Waals surface area contributed by atoms with Crippen molar-refractivity contribution >= 4 is 15.7 Å². The molecule has 0 spiro atoms. The van der Waals surface area contributed by atoms with E-state index >= 15 is 0 Å². The second kappa shape index (κ2) is 10.2. The Labute approximate surface area is 204 Å². The zero-order valence-electron chi connectivity index (χ0n) is 19.4. The summed E-state index contributed by atoms with van der Waals surface area (Å²) >= 11 is 0. The van der Waals surface area contributed by atoms with E-state index in [-0.39, 0.29) is 18.8 Å². The van der Waals surface area contributed by atoms with Gasteiger partial charge < -0.3 is 10.5 Å². The van der Waals surface area contributed by atoms with E-state index in [0.717, 1.165) is 0 Å². The number of nitrogens with zero attached hydrogens (tertiary/aromatic N) is 1. The molecule has 2 aliphatic rings. The quantitative estimate of drug-likeness (QED) is 0.457. The van der Waals surface area contributed by atoms with Gasteiger partial charge >= 0.3 is 16.2 Å². The van der Waals surface area contributed by atoms with Gasteiger partial charge in [0.1, 0.15) is 24.2 Å². The van der Waals surface area contributed by atoms with Crippen LogP contribution in [0.1, 0.15) is 43.6 Å². The molecule has 0 bridgehead atoms. The molecule has 188 valence electrons. The topological polar surface area (TPSA) is 69.4 Å². The van der Waals surface area contributed by atoms with Crippen LogP contribution < -0.4 is 14.4 Å². The van der Waals surface area contributed by atoms with Crippen LogP contribution in [0.5, 0.6) is 11.5 Å². The molecular formula is C26H30F3N2O3S+. The molecule has 0 saturated heterocycles. The summed E-state index contributed by atoms with van der Waals surface area (Å²) in [5, 5.41) is 0. The second-order valence-corrected chi connectivity index (χ2v) is 11.2. The summed E-state index contributed by atoms with van der Waals surface area (Å²) in [7, 11) is -4.70. The number of alkyl halides is 3. The molecule has 0 radical (unpaired) electrons. The van der Waals surface area contributed by atoms with E-state index in [1.165, 1.54) is 62.1 Å². The SMILES string of the molecule is NCC1=C[N+](c2ccc(Oc3ccc(C4CCCCC4)cc3)cc2)(S(=O)(=O)CC(F)(F)F)CC=C1. The molecule has 0 aromatic heterocycles.